The van der Waals surface area contributed by atoms with Crippen LogP contribution in [0.2, 0.25) is 0 Å². The van der Waals surface area contributed by atoms with Crippen LogP contribution < -0.4 is 15.7 Å². The molecule has 0 unspecified atom stereocenters. The second-order valence-electron chi connectivity index (χ2n) is 7.39. The summed E-state index contributed by atoms with van der Waals surface area (Å²) < 4.78 is 36.9. The number of aromatic nitrogens is 3. The van der Waals surface area contributed by atoms with E-state index in [1.165, 1.54) is 9.13 Å². The number of nitrogens with one attached hydrogen (secondary N) is 2. The van der Waals surface area contributed by atoms with E-state index in [1.807, 2.05) is 30.3 Å². The van der Waals surface area contributed by atoms with Crippen LogP contribution in [0.4, 0.5) is 11.4 Å². The summed E-state index contributed by atoms with van der Waals surface area (Å²) in [5, 5.41) is 7.03. The van der Waals surface area contributed by atoms with Crippen molar-refractivity contribution in [2.24, 2.45) is 14.1 Å². The Morgan fingerprint density at radius 3 is 2.19 bits per heavy atom. The number of imidazole rings is 1. The van der Waals surface area contributed by atoms with Gasteiger partial charge < -0.3 is 9.84 Å². The third kappa shape index (κ3) is 3.70. The number of hydrogen-bond donors (Lipinski definition) is 2. The molecule has 10 heteroatoms. The molecule has 0 fully saturated rings. The van der Waals surface area contributed by atoms with Crippen LogP contribution in [0, 0.1) is 13.8 Å². The first-order chi connectivity index (χ1) is 14.7. The van der Waals surface area contributed by atoms with Crippen molar-refractivity contribution >= 4 is 32.4 Å². The number of nitrogens with zero attached hydrogens (tertiary/aromatic N) is 3. The smallest absolute Gasteiger partial charge is 0.328 e. The second kappa shape index (κ2) is 7.62. The van der Waals surface area contributed by atoms with Crippen LogP contribution in [0.1, 0.15) is 17.0 Å². The monoisotopic (exact) mass is 441 g/mol. The summed E-state index contributed by atoms with van der Waals surface area (Å²) in [6.07, 6.45) is 0. The molecule has 0 atom stereocenters. The summed E-state index contributed by atoms with van der Waals surface area (Å²) in [5.41, 5.74) is 3.27. The summed E-state index contributed by atoms with van der Waals surface area (Å²) in [5.74, 6) is 0.206. The van der Waals surface area contributed by atoms with Crippen molar-refractivity contribution in [2.45, 2.75) is 25.3 Å². The number of fused-ring (bicyclic) bond motifs is 1. The van der Waals surface area contributed by atoms with Gasteiger partial charge in [-0.15, -0.1) is 0 Å². The lowest BCUT2D eigenvalue weighted by molar-refractivity contribution is 0.390. The van der Waals surface area contributed by atoms with Gasteiger partial charge in [-0.25, -0.2) is 13.2 Å². The average molecular weight is 442 g/mol. The van der Waals surface area contributed by atoms with Crippen LogP contribution in [-0.4, -0.2) is 22.7 Å². The largest absolute Gasteiger partial charge is 0.379 e. The maximum Gasteiger partial charge on any atom is 0.328 e. The minimum absolute atomic E-state index is 0.00329. The Morgan fingerprint density at radius 1 is 1.00 bits per heavy atom. The van der Waals surface area contributed by atoms with Crippen molar-refractivity contribution in [3.63, 3.8) is 0 Å². The molecule has 2 aromatic heterocycles. The van der Waals surface area contributed by atoms with Gasteiger partial charge >= 0.3 is 5.69 Å². The zero-order valence-corrected chi connectivity index (χ0v) is 18.4. The SMILES string of the molecule is Cc1noc(C)c1S(=O)(=O)Nc1cc2c(cc1NCc1ccccc1)n(C)c(=O)n2C. The fourth-order valence-electron chi connectivity index (χ4n) is 3.62. The molecular weight excluding hydrogens is 418 g/mol. The third-order valence-corrected chi connectivity index (χ3v) is 6.83. The predicted molar refractivity (Wildman–Crippen MR) is 119 cm³/mol. The molecule has 0 amide bonds. The molecule has 4 rings (SSSR count). The predicted octanol–water partition coefficient (Wildman–Crippen LogP) is 2.89. The van der Waals surface area contributed by atoms with Gasteiger partial charge in [0.1, 0.15) is 5.69 Å². The van der Waals surface area contributed by atoms with E-state index in [2.05, 4.69) is 15.2 Å². The number of sulfonamides is 1. The summed E-state index contributed by atoms with van der Waals surface area (Å²) in [6.45, 7) is 3.60. The first kappa shape index (κ1) is 20.7. The molecule has 0 bridgehead atoms. The van der Waals surface area contributed by atoms with Crippen LogP contribution in [0.5, 0.6) is 0 Å². The third-order valence-electron chi connectivity index (χ3n) is 5.22. The summed E-state index contributed by atoms with van der Waals surface area (Å²) >= 11 is 0. The van der Waals surface area contributed by atoms with Gasteiger partial charge in [-0.2, -0.15) is 0 Å². The minimum Gasteiger partial charge on any atom is -0.379 e. The van der Waals surface area contributed by atoms with E-state index in [0.29, 0.717) is 29.0 Å². The van der Waals surface area contributed by atoms with Crippen LogP contribution in [0.3, 0.4) is 0 Å². The van der Waals surface area contributed by atoms with Crippen molar-refractivity contribution in [1.29, 1.82) is 0 Å². The van der Waals surface area contributed by atoms with E-state index in [-0.39, 0.29) is 22.0 Å². The highest BCUT2D eigenvalue weighted by atomic mass is 32.2. The van der Waals surface area contributed by atoms with Gasteiger partial charge in [0.2, 0.25) is 0 Å². The van der Waals surface area contributed by atoms with Gasteiger partial charge in [0, 0.05) is 20.6 Å². The van der Waals surface area contributed by atoms with Crippen LogP contribution in [0.25, 0.3) is 11.0 Å². The molecule has 0 radical (unpaired) electrons. The molecule has 0 aliphatic rings. The van der Waals surface area contributed by atoms with Gasteiger partial charge in [-0.1, -0.05) is 35.5 Å². The fraction of sp³-hybridized carbons (Fsp3) is 0.238. The lowest BCUT2D eigenvalue weighted by atomic mass is 10.2. The average Bonchev–Trinajstić information content (AvgIpc) is 3.19. The van der Waals surface area contributed by atoms with Gasteiger partial charge in [-0.3, -0.25) is 13.9 Å². The van der Waals surface area contributed by atoms with Crippen molar-refractivity contribution < 1.29 is 12.9 Å². The molecule has 31 heavy (non-hydrogen) atoms. The van der Waals surface area contributed by atoms with Crippen LogP contribution in [-0.2, 0) is 30.7 Å². The van der Waals surface area contributed by atoms with Crippen molar-refractivity contribution in [1.82, 2.24) is 14.3 Å². The molecule has 0 saturated carbocycles. The van der Waals surface area contributed by atoms with Crippen molar-refractivity contribution in [2.75, 3.05) is 10.0 Å². The zero-order chi connectivity index (χ0) is 22.3. The molecule has 4 aromatic rings. The summed E-state index contributed by atoms with van der Waals surface area (Å²) in [6, 6.07) is 13.2. The van der Waals surface area contributed by atoms with E-state index in [0.717, 1.165) is 5.56 Å². The highest BCUT2D eigenvalue weighted by Gasteiger charge is 2.26. The fourth-order valence-corrected chi connectivity index (χ4v) is 5.03. The molecule has 2 aromatic carbocycles. The molecule has 2 heterocycles. The van der Waals surface area contributed by atoms with Crippen molar-refractivity contribution in [3.05, 3.63) is 70.0 Å². The van der Waals surface area contributed by atoms with Crippen molar-refractivity contribution in [3.8, 4) is 0 Å². The Morgan fingerprint density at radius 2 is 1.61 bits per heavy atom. The maximum atomic E-state index is 13.1. The molecular formula is C21H23N5O4S. The Labute approximate surface area is 179 Å². The molecule has 162 valence electrons. The van der Waals surface area contributed by atoms with E-state index in [4.69, 9.17) is 4.52 Å². The van der Waals surface area contributed by atoms with Crippen LogP contribution >= 0.6 is 0 Å². The summed E-state index contributed by atoms with van der Waals surface area (Å²) in [4.78, 5) is 12.4. The standard InChI is InChI=1S/C21H23N5O4S/c1-13-20(14(2)30-23-13)31(28,29)24-17-11-19-18(25(3)21(27)26(19)4)10-16(17)22-12-15-8-6-5-7-9-15/h5-11,22,24H,12H2,1-4H3. The summed E-state index contributed by atoms with van der Waals surface area (Å²) in [7, 11) is -0.635. The highest BCUT2D eigenvalue weighted by molar-refractivity contribution is 7.92. The second-order valence-corrected chi connectivity index (χ2v) is 9.00. The number of rotatable bonds is 6. The number of hydrogen-bond acceptors (Lipinski definition) is 6. The normalized spacial score (nSPS) is 11.7. The number of anilines is 2. The Hall–Kier alpha value is -3.53. The van der Waals surface area contributed by atoms with Gasteiger partial charge in [0.25, 0.3) is 10.0 Å². The highest BCUT2D eigenvalue weighted by Crippen LogP contribution is 2.31. The molecule has 0 aliphatic carbocycles. The van der Waals surface area contributed by atoms with Gasteiger partial charge in [0.15, 0.2) is 10.7 Å². The molecule has 2 N–H and O–H groups in total. The minimum atomic E-state index is -3.96. The molecule has 9 nitrogen and oxygen atoms in total. The van der Waals surface area contributed by atoms with E-state index in [9.17, 15) is 13.2 Å². The van der Waals surface area contributed by atoms with E-state index in [1.54, 1.807) is 40.1 Å². The topological polar surface area (TPSA) is 111 Å². The molecule has 0 aliphatic heterocycles. The lowest BCUT2D eigenvalue weighted by Crippen LogP contribution is -2.19. The Bertz CT molecular complexity index is 1410. The first-order valence-electron chi connectivity index (χ1n) is 9.62. The Kier molecular flexibility index (Phi) is 5.10. The quantitative estimate of drug-likeness (QED) is 0.476. The van der Waals surface area contributed by atoms with Gasteiger partial charge in [0.05, 0.1) is 22.4 Å². The lowest BCUT2D eigenvalue weighted by Gasteiger charge is -2.15. The van der Waals surface area contributed by atoms with E-state index < -0.39 is 10.0 Å². The Balaban J connectivity index is 1.81. The van der Waals surface area contributed by atoms with E-state index >= 15 is 0 Å². The molecule has 0 saturated heterocycles. The first-order valence-corrected chi connectivity index (χ1v) is 11.1. The zero-order valence-electron chi connectivity index (χ0n) is 17.6. The van der Waals surface area contributed by atoms with Gasteiger partial charge in [-0.05, 0) is 31.5 Å². The van der Waals surface area contributed by atoms with Crippen LogP contribution in [0.15, 0.2) is 56.7 Å². The number of aryl methyl sites for hydroxylation is 4. The molecule has 0 spiro atoms. The maximum absolute atomic E-state index is 13.1. The number of benzene rings is 2.